The Bertz CT molecular complexity index is 410. The van der Waals surface area contributed by atoms with Crippen LogP contribution in [0.3, 0.4) is 0 Å². The molecule has 0 fully saturated rings. The summed E-state index contributed by atoms with van der Waals surface area (Å²) in [5, 5.41) is 12.5. The van der Waals surface area contributed by atoms with Crippen molar-refractivity contribution in [3.63, 3.8) is 0 Å². The Hall–Kier alpha value is -1.51. The molecule has 0 unspecified atom stereocenters. The van der Waals surface area contributed by atoms with Crippen LogP contribution in [0.4, 0.5) is 5.69 Å². The number of benzene rings is 1. The normalized spacial score (nSPS) is 17.6. The first-order chi connectivity index (χ1) is 8.31. The number of hydrogen-bond donors (Lipinski definition) is 1. The van der Waals surface area contributed by atoms with Gasteiger partial charge in [0.15, 0.2) is 0 Å². The van der Waals surface area contributed by atoms with Gasteiger partial charge in [-0.05, 0) is 18.9 Å². The van der Waals surface area contributed by atoms with Crippen LogP contribution in [0.25, 0.3) is 0 Å². The molecule has 3 nitrogen and oxygen atoms in total. The van der Waals surface area contributed by atoms with Crippen molar-refractivity contribution < 1.29 is 5.21 Å². The molecule has 0 radical (unpaired) electrons. The van der Waals surface area contributed by atoms with E-state index in [4.69, 9.17) is 5.21 Å². The van der Waals surface area contributed by atoms with E-state index in [-0.39, 0.29) is 0 Å². The lowest BCUT2D eigenvalue weighted by molar-refractivity contribution is 0.317. The Morgan fingerprint density at radius 3 is 2.65 bits per heavy atom. The van der Waals surface area contributed by atoms with Crippen LogP contribution < -0.4 is 4.90 Å². The van der Waals surface area contributed by atoms with Gasteiger partial charge in [0.2, 0.25) is 0 Å². The maximum Gasteiger partial charge on any atom is 0.0906 e. The minimum absolute atomic E-state index is 0.580. The lowest BCUT2D eigenvalue weighted by Gasteiger charge is -2.37. The largest absolute Gasteiger partial charge is 0.411 e. The maximum absolute atomic E-state index is 9.05. The molecule has 0 bridgehead atoms. The molecule has 17 heavy (non-hydrogen) atoms. The Morgan fingerprint density at radius 1 is 1.29 bits per heavy atom. The standard InChI is InChI=1S/C14H20N2O/c1-3-11(4-2)16-10-9-13(15-17)12-7-5-6-8-14(12)16/h5-8,11,17H,3-4,9-10H2,1-2H3. The Morgan fingerprint density at radius 2 is 2.00 bits per heavy atom. The molecular weight excluding hydrogens is 212 g/mol. The van der Waals surface area contributed by atoms with Crippen LogP contribution in [0.15, 0.2) is 29.4 Å². The SMILES string of the molecule is CCC(CC)N1CCC(=NO)c2ccccc21. The molecule has 0 atom stereocenters. The summed E-state index contributed by atoms with van der Waals surface area (Å²) in [5.41, 5.74) is 3.09. The van der Waals surface area contributed by atoms with Crippen molar-refractivity contribution in [1.29, 1.82) is 0 Å². The molecule has 0 amide bonds. The van der Waals surface area contributed by atoms with Gasteiger partial charge in [0.25, 0.3) is 0 Å². The minimum Gasteiger partial charge on any atom is -0.411 e. The summed E-state index contributed by atoms with van der Waals surface area (Å²) in [5.74, 6) is 0. The van der Waals surface area contributed by atoms with Gasteiger partial charge in [0.05, 0.1) is 5.71 Å². The van der Waals surface area contributed by atoms with E-state index in [9.17, 15) is 0 Å². The first kappa shape index (κ1) is 12.0. The smallest absolute Gasteiger partial charge is 0.0906 e. The molecule has 1 aromatic carbocycles. The van der Waals surface area contributed by atoms with Gasteiger partial charge in [-0.15, -0.1) is 0 Å². The van der Waals surface area contributed by atoms with E-state index in [0.717, 1.165) is 37.1 Å². The monoisotopic (exact) mass is 232 g/mol. The molecule has 1 N–H and O–H groups in total. The Labute approximate surface area is 103 Å². The highest BCUT2D eigenvalue weighted by atomic mass is 16.4. The average Bonchev–Trinajstić information content (AvgIpc) is 2.40. The number of anilines is 1. The van der Waals surface area contributed by atoms with Crippen molar-refractivity contribution in [3.8, 4) is 0 Å². The molecule has 0 saturated carbocycles. The number of oxime groups is 1. The maximum atomic E-state index is 9.05. The van der Waals surface area contributed by atoms with E-state index in [1.165, 1.54) is 5.69 Å². The van der Waals surface area contributed by atoms with Gasteiger partial charge < -0.3 is 10.1 Å². The highest BCUT2D eigenvalue weighted by Crippen LogP contribution is 2.30. The third-order valence-electron chi connectivity index (χ3n) is 3.62. The quantitative estimate of drug-likeness (QED) is 0.641. The van der Waals surface area contributed by atoms with Gasteiger partial charge in [0, 0.05) is 30.3 Å². The van der Waals surface area contributed by atoms with Crippen molar-refractivity contribution in [2.45, 2.75) is 39.2 Å². The lowest BCUT2D eigenvalue weighted by atomic mass is 9.96. The summed E-state index contributed by atoms with van der Waals surface area (Å²) >= 11 is 0. The van der Waals surface area contributed by atoms with Crippen LogP contribution in [0.5, 0.6) is 0 Å². The molecule has 0 spiro atoms. The fourth-order valence-corrected chi connectivity index (χ4v) is 2.66. The number of fused-ring (bicyclic) bond motifs is 1. The van der Waals surface area contributed by atoms with Crippen molar-refractivity contribution in [1.82, 2.24) is 0 Å². The van der Waals surface area contributed by atoms with E-state index >= 15 is 0 Å². The second-order valence-electron chi connectivity index (χ2n) is 4.48. The van der Waals surface area contributed by atoms with Crippen LogP contribution >= 0.6 is 0 Å². The Balaban J connectivity index is 2.41. The molecule has 0 saturated heterocycles. The van der Waals surface area contributed by atoms with Gasteiger partial charge in [-0.25, -0.2) is 0 Å². The molecule has 1 heterocycles. The molecule has 1 aromatic rings. The van der Waals surface area contributed by atoms with E-state index in [0.29, 0.717) is 6.04 Å². The van der Waals surface area contributed by atoms with Gasteiger partial charge in [-0.1, -0.05) is 37.2 Å². The van der Waals surface area contributed by atoms with E-state index < -0.39 is 0 Å². The first-order valence-corrected chi connectivity index (χ1v) is 6.38. The van der Waals surface area contributed by atoms with Crippen molar-refractivity contribution in [2.24, 2.45) is 5.16 Å². The highest BCUT2D eigenvalue weighted by Gasteiger charge is 2.25. The van der Waals surface area contributed by atoms with E-state index in [1.807, 2.05) is 12.1 Å². The summed E-state index contributed by atoms with van der Waals surface area (Å²) in [7, 11) is 0. The predicted molar refractivity (Wildman–Crippen MR) is 71.1 cm³/mol. The van der Waals surface area contributed by atoms with Crippen LogP contribution in [0, 0.1) is 0 Å². The minimum atomic E-state index is 0.580. The summed E-state index contributed by atoms with van der Waals surface area (Å²) in [4.78, 5) is 2.45. The molecule has 1 aliphatic heterocycles. The molecule has 2 rings (SSSR count). The molecule has 3 heteroatoms. The summed E-state index contributed by atoms with van der Waals surface area (Å²) in [6, 6.07) is 8.79. The van der Waals surface area contributed by atoms with Gasteiger partial charge in [0.1, 0.15) is 0 Å². The van der Waals surface area contributed by atoms with Gasteiger partial charge in [-0.3, -0.25) is 0 Å². The fraction of sp³-hybridized carbons (Fsp3) is 0.500. The van der Waals surface area contributed by atoms with Gasteiger partial charge >= 0.3 is 0 Å². The summed E-state index contributed by atoms with van der Waals surface area (Å²) in [6.07, 6.45) is 3.12. The highest BCUT2D eigenvalue weighted by molar-refractivity contribution is 6.06. The number of hydrogen-bond acceptors (Lipinski definition) is 3. The first-order valence-electron chi connectivity index (χ1n) is 6.38. The van der Waals surface area contributed by atoms with Gasteiger partial charge in [-0.2, -0.15) is 0 Å². The summed E-state index contributed by atoms with van der Waals surface area (Å²) < 4.78 is 0. The lowest BCUT2D eigenvalue weighted by Crippen LogP contribution is -2.40. The van der Waals surface area contributed by atoms with Crippen LogP contribution in [0.1, 0.15) is 38.7 Å². The number of nitrogens with zero attached hydrogens (tertiary/aromatic N) is 2. The van der Waals surface area contributed by atoms with Crippen molar-refractivity contribution in [3.05, 3.63) is 29.8 Å². The van der Waals surface area contributed by atoms with Crippen LogP contribution in [0.2, 0.25) is 0 Å². The molecule has 1 aliphatic rings. The molecular formula is C14H20N2O. The predicted octanol–water partition coefficient (Wildman–Crippen LogP) is 3.26. The summed E-state index contributed by atoms with van der Waals surface area (Å²) in [6.45, 7) is 5.40. The van der Waals surface area contributed by atoms with Crippen molar-refractivity contribution in [2.75, 3.05) is 11.4 Å². The fourth-order valence-electron chi connectivity index (χ4n) is 2.66. The second-order valence-corrected chi connectivity index (χ2v) is 4.48. The van der Waals surface area contributed by atoms with Crippen molar-refractivity contribution >= 4 is 11.4 Å². The number of rotatable bonds is 3. The van der Waals surface area contributed by atoms with Crippen LogP contribution in [-0.2, 0) is 0 Å². The zero-order valence-corrected chi connectivity index (χ0v) is 10.6. The third kappa shape index (κ3) is 2.14. The average molecular weight is 232 g/mol. The molecule has 0 aromatic heterocycles. The number of para-hydroxylation sites is 1. The third-order valence-corrected chi connectivity index (χ3v) is 3.62. The zero-order valence-electron chi connectivity index (χ0n) is 10.6. The Kier molecular flexibility index (Phi) is 3.67. The zero-order chi connectivity index (χ0) is 12.3. The second kappa shape index (κ2) is 5.21. The van der Waals surface area contributed by atoms with E-state index in [1.54, 1.807) is 0 Å². The topological polar surface area (TPSA) is 35.8 Å². The molecule has 92 valence electrons. The van der Waals surface area contributed by atoms with Crippen LogP contribution in [-0.4, -0.2) is 23.5 Å². The molecule has 0 aliphatic carbocycles. The van der Waals surface area contributed by atoms with E-state index in [2.05, 4.69) is 36.0 Å².